The highest BCUT2D eigenvalue weighted by Crippen LogP contribution is 2.33. The van der Waals surface area contributed by atoms with Gasteiger partial charge in [-0.3, -0.25) is 4.99 Å². The van der Waals surface area contributed by atoms with Crippen molar-refractivity contribution in [3.63, 3.8) is 0 Å². The Balaban J connectivity index is 1.55. The summed E-state index contributed by atoms with van der Waals surface area (Å²) in [6, 6.07) is 15.8. The van der Waals surface area contributed by atoms with Crippen LogP contribution in [0.25, 0.3) is 11.1 Å². The van der Waals surface area contributed by atoms with Crippen molar-refractivity contribution in [3.8, 4) is 11.1 Å². The molecule has 0 amide bonds. The van der Waals surface area contributed by atoms with Crippen molar-refractivity contribution >= 4 is 15.5 Å². The van der Waals surface area contributed by atoms with Gasteiger partial charge in [-0.2, -0.15) is 0 Å². The van der Waals surface area contributed by atoms with Crippen molar-refractivity contribution in [2.75, 3.05) is 6.01 Å². The molecule has 3 aromatic rings. The van der Waals surface area contributed by atoms with Gasteiger partial charge in [-0.1, -0.05) is 42.5 Å². The summed E-state index contributed by atoms with van der Waals surface area (Å²) in [6.45, 7) is 0. The molecule has 1 heterocycles. The number of alkyl halides is 1. The fourth-order valence-corrected chi connectivity index (χ4v) is 4.29. The van der Waals surface area contributed by atoms with E-state index in [2.05, 4.69) is 4.99 Å². The van der Waals surface area contributed by atoms with E-state index >= 15 is 0 Å². The predicted molar refractivity (Wildman–Crippen MR) is 110 cm³/mol. The van der Waals surface area contributed by atoms with Crippen LogP contribution in [0.3, 0.4) is 0 Å². The van der Waals surface area contributed by atoms with Gasteiger partial charge in [-0.15, -0.1) is 0 Å². The van der Waals surface area contributed by atoms with Crippen LogP contribution in [-0.4, -0.2) is 20.1 Å². The highest BCUT2D eigenvalue weighted by atomic mass is 32.2. The summed E-state index contributed by atoms with van der Waals surface area (Å²) in [6.07, 6.45) is 1.16. The third-order valence-electron chi connectivity index (χ3n) is 5.20. The topological polar surface area (TPSA) is 46.5 Å². The Morgan fingerprint density at radius 3 is 2.00 bits per heavy atom. The van der Waals surface area contributed by atoms with Crippen molar-refractivity contribution in [2.45, 2.75) is 23.8 Å². The van der Waals surface area contributed by atoms with Crippen LogP contribution < -0.4 is 0 Å². The summed E-state index contributed by atoms with van der Waals surface area (Å²) in [4.78, 5) is 4.48. The summed E-state index contributed by atoms with van der Waals surface area (Å²) in [5.74, 6) is -1.22. The largest absolute Gasteiger partial charge is 0.281 e. The molecule has 1 aliphatic heterocycles. The molecule has 0 saturated heterocycles. The zero-order valence-corrected chi connectivity index (χ0v) is 16.7. The molecule has 154 valence electrons. The van der Waals surface area contributed by atoms with Crippen LogP contribution in [0.4, 0.5) is 13.2 Å². The Labute approximate surface area is 172 Å². The first-order valence-corrected chi connectivity index (χ1v) is 11.0. The quantitative estimate of drug-likeness (QED) is 0.526. The van der Waals surface area contributed by atoms with Gasteiger partial charge < -0.3 is 0 Å². The Morgan fingerprint density at radius 1 is 0.867 bits per heavy atom. The van der Waals surface area contributed by atoms with Crippen LogP contribution in [0.15, 0.2) is 76.6 Å². The lowest BCUT2D eigenvalue weighted by Gasteiger charge is -2.09. The number of sulfone groups is 1. The minimum Gasteiger partial charge on any atom is -0.281 e. The van der Waals surface area contributed by atoms with E-state index in [9.17, 15) is 21.6 Å². The zero-order valence-electron chi connectivity index (χ0n) is 15.9. The van der Waals surface area contributed by atoms with Gasteiger partial charge in [-0.25, -0.2) is 21.6 Å². The van der Waals surface area contributed by atoms with Gasteiger partial charge in [0.2, 0.25) is 9.84 Å². The van der Waals surface area contributed by atoms with Gasteiger partial charge >= 0.3 is 0 Å². The summed E-state index contributed by atoms with van der Waals surface area (Å²) in [5.41, 5.74) is 2.97. The Kier molecular flexibility index (Phi) is 5.47. The number of hydrogen-bond acceptors (Lipinski definition) is 3. The van der Waals surface area contributed by atoms with E-state index < -0.39 is 27.5 Å². The number of halogens is 3. The third kappa shape index (κ3) is 3.89. The highest BCUT2D eigenvalue weighted by Gasteiger charge is 2.24. The third-order valence-corrected chi connectivity index (χ3v) is 6.48. The summed E-state index contributed by atoms with van der Waals surface area (Å²) in [7, 11) is -3.88. The molecule has 3 aromatic carbocycles. The van der Waals surface area contributed by atoms with E-state index in [1.165, 1.54) is 30.3 Å². The number of rotatable bonds is 5. The maximum absolute atomic E-state index is 14.0. The van der Waals surface area contributed by atoms with Gasteiger partial charge in [0, 0.05) is 5.71 Å². The predicted octanol–water partition coefficient (Wildman–Crippen LogP) is 5.66. The van der Waals surface area contributed by atoms with Crippen molar-refractivity contribution in [2.24, 2.45) is 4.99 Å². The average Bonchev–Trinajstić information content (AvgIpc) is 3.23. The molecule has 0 saturated carbocycles. The van der Waals surface area contributed by atoms with E-state index in [0.717, 1.165) is 16.7 Å². The Bertz CT molecular complexity index is 1180. The molecule has 4 rings (SSSR count). The Hall–Kier alpha value is -2.93. The highest BCUT2D eigenvalue weighted by molar-refractivity contribution is 7.91. The molecule has 0 unspecified atom stereocenters. The molecule has 1 atom stereocenters. The molecular formula is C23H18F3NO2S. The minimum absolute atomic E-state index is 0.0556. The lowest BCUT2D eigenvalue weighted by atomic mass is 9.99. The van der Waals surface area contributed by atoms with E-state index in [1.807, 2.05) is 24.3 Å². The second kappa shape index (κ2) is 8.07. The van der Waals surface area contributed by atoms with Gasteiger partial charge in [0.1, 0.15) is 11.6 Å². The number of aliphatic imine (C=N–C) groups is 1. The first-order valence-electron chi connectivity index (χ1n) is 9.39. The molecule has 7 heteroatoms. The van der Waals surface area contributed by atoms with E-state index in [-0.39, 0.29) is 16.5 Å². The van der Waals surface area contributed by atoms with Gasteiger partial charge in [0.25, 0.3) is 0 Å². The van der Waals surface area contributed by atoms with Gasteiger partial charge in [0.15, 0.2) is 6.01 Å². The van der Waals surface area contributed by atoms with Crippen molar-refractivity contribution in [3.05, 3.63) is 89.5 Å². The molecule has 0 radical (unpaired) electrons. The summed E-state index contributed by atoms with van der Waals surface area (Å²) >= 11 is 0. The van der Waals surface area contributed by atoms with Gasteiger partial charge in [-0.05, 0) is 53.8 Å². The summed E-state index contributed by atoms with van der Waals surface area (Å²) < 4.78 is 63.8. The van der Waals surface area contributed by atoms with E-state index in [1.54, 1.807) is 12.1 Å². The molecule has 1 aliphatic rings. The first kappa shape index (κ1) is 20.3. The van der Waals surface area contributed by atoms with Crippen LogP contribution in [0, 0.1) is 11.6 Å². The van der Waals surface area contributed by atoms with Gasteiger partial charge in [0.05, 0.1) is 16.5 Å². The fourth-order valence-electron chi connectivity index (χ4n) is 3.61. The summed E-state index contributed by atoms with van der Waals surface area (Å²) in [5, 5.41) is 0. The second-order valence-electron chi connectivity index (χ2n) is 7.10. The van der Waals surface area contributed by atoms with Crippen LogP contribution in [0.1, 0.15) is 30.0 Å². The smallest absolute Gasteiger partial charge is 0.207 e. The number of hydrogen-bond donors (Lipinski definition) is 0. The lowest BCUT2D eigenvalue weighted by Crippen LogP contribution is -2.03. The fraction of sp³-hybridized carbons (Fsp3) is 0.174. The lowest BCUT2D eigenvalue weighted by molar-refractivity contribution is 0.534. The molecular weight excluding hydrogens is 411 g/mol. The van der Waals surface area contributed by atoms with Crippen LogP contribution in [-0.2, 0) is 9.84 Å². The first-order chi connectivity index (χ1) is 14.4. The monoisotopic (exact) mass is 429 g/mol. The number of nitrogens with zero attached hydrogens (tertiary/aromatic N) is 1. The molecule has 3 nitrogen and oxygen atoms in total. The number of benzene rings is 3. The van der Waals surface area contributed by atoms with E-state index in [4.69, 9.17) is 0 Å². The maximum atomic E-state index is 14.0. The normalized spacial score (nSPS) is 16.5. The molecule has 0 N–H and O–H groups in total. The Morgan fingerprint density at radius 2 is 1.43 bits per heavy atom. The van der Waals surface area contributed by atoms with Crippen LogP contribution in [0.2, 0.25) is 0 Å². The standard InChI is InChI=1S/C23H18F3NO2S/c24-14-30(28,29)18-10-8-16(9-11-18)15-4-6-17(7-5-15)21-12-13-22(27-21)23-19(25)2-1-3-20(23)26/h1-11,21H,12-14H2/t21-/m1/s1. The zero-order chi connectivity index (χ0) is 21.3. The average molecular weight is 429 g/mol. The van der Waals surface area contributed by atoms with Crippen LogP contribution in [0.5, 0.6) is 0 Å². The molecule has 0 spiro atoms. The molecule has 0 aliphatic carbocycles. The second-order valence-corrected chi connectivity index (χ2v) is 9.02. The maximum Gasteiger partial charge on any atom is 0.207 e. The van der Waals surface area contributed by atoms with Crippen molar-refractivity contribution in [1.82, 2.24) is 0 Å². The molecule has 0 aromatic heterocycles. The van der Waals surface area contributed by atoms with Crippen molar-refractivity contribution < 1.29 is 21.6 Å². The van der Waals surface area contributed by atoms with E-state index in [0.29, 0.717) is 18.6 Å². The van der Waals surface area contributed by atoms with Crippen LogP contribution >= 0.6 is 0 Å². The minimum atomic E-state index is -3.88. The molecule has 30 heavy (non-hydrogen) atoms. The molecule has 0 fully saturated rings. The SMILES string of the molecule is O=S(=O)(CF)c1ccc(-c2ccc([C@H]3CCC(c4c(F)cccc4F)=N3)cc2)cc1. The molecule has 0 bridgehead atoms. The van der Waals surface area contributed by atoms with Crippen molar-refractivity contribution in [1.29, 1.82) is 0 Å².